The third-order valence-electron chi connectivity index (χ3n) is 3.69. The Bertz CT molecular complexity index is 677. The fourth-order valence-corrected chi connectivity index (χ4v) is 3.12. The molecule has 1 heterocycles. The summed E-state index contributed by atoms with van der Waals surface area (Å²) in [4.78, 5) is 4.56. The molecule has 23 heavy (non-hydrogen) atoms. The summed E-state index contributed by atoms with van der Waals surface area (Å²) in [5, 5.41) is 3.28. The zero-order chi connectivity index (χ0) is 16.9. The van der Waals surface area contributed by atoms with Gasteiger partial charge in [-0.1, -0.05) is 26.0 Å². The van der Waals surface area contributed by atoms with Crippen LogP contribution in [0.4, 0.5) is 5.69 Å². The van der Waals surface area contributed by atoms with E-state index in [9.17, 15) is 0 Å². The van der Waals surface area contributed by atoms with E-state index in [1.807, 2.05) is 25.1 Å². The molecule has 1 aromatic carbocycles. The molecule has 0 atom stereocenters. The van der Waals surface area contributed by atoms with Crippen molar-refractivity contribution in [1.29, 1.82) is 0 Å². The highest BCUT2D eigenvalue weighted by Crippen LogP contribution is 2.29. The summed E-state index contributed by atoms with van der Waals surface area (Å²) < 4.78 is 5.40. The van der Waals surface area contributed by atoms with Crippen LogP contribution in [0.1, 0.15) is 36.5 Å². The Labute approximate surface area is 142 Å². The molecule has 5 heteroatoms. The van der Waals surface area contributed by atoms with Crippen molar-refractivity contribution in [3.8, 4) is 5.75 Å². The van der Waals surface area contributed by atoms with Crippen LogP contribution in [-0.4, -0.2) is 12.1 Å². The molecule has 4 nitrogen and oxygen atoms in total. The lowest BCUT2D eigenvalue weighted by Crippen LogP contribution is -2.14. The highest BCUT2D eigenvalue weighted by Gasteiger charge is 2.18. The summed E-state index contributed by atoms with van der Waals surface area (Å²) in [7, 11) is 1.68. The summed E-state index contributed by atoms with van der Waals surface area (Å²) in [6, 6.07) is 5.79. The molecule has 0 aliphatic rings. The van der Waals surface area contributed by atoms with E-state index in [0.717, 1.165) is 34.8 Å². The molecule has 0 unspecified atom stereocenters. The quantitative estimate of drug-likeness (QED) is 0.582. The number of anilines is 1. The van der Waals surface area contributed by atoms with E-state index in [1.165, 1.54) is 5.69 Å². The van der Waals surface area contributed by atoms with Crippen molar-refractivity contribution in [3.05, 3.63) is 45.9 Å². The molecule has 0 saturated carbocycles. The minimum absolute atomic E-state index is 0.161. The molecule has 0 aliphatic heterocycles. The van der Waals surface area contributed by atoms with Gasteiger partial charge in [0, 0.05) is 16.6 Å². The molecule has 2 aromatic rings. The number of aromatic nitrogens is 1. The molecule has 0 saturated heterocycles. The number of benzene rings is 1. The molecule has 0 spiro atoms. The van der Waals surface area contributed by atoms with Gasteiger partial charge in [-0.3, -0.25) is 5.84 Å². The second-order valence-corrected chi connectivity index (χ2v) is 7.47. The maximum Gasteiger partial charge on any atom is 0.126 e. The Kier molecular flexibility index (Phi) is 5.80. The zero-order valence-electron chi connectivity index (χ0n) is 14.2. The number of hydrazine groups is 1. The van der Waals surface area contributed by atoms with Crippen LogP contribution < -0.4 is 16.0 Å². The summed E-state index contributed by atoms with van der Waals surface area (Å²) in [5.74, 6) is 6.32. The van der Waals surface area contributed by atoms with Crippen LogP contribution in [0.2, 0.25) is 0 Å². The molecular formula is C18H25N3OS. The molecule has 0 amide bonds. The zero-order valence-corrected chi connectivity index (χ0v) is 15.0. The smallest absolute Gasteiger partial charge is 0.126 e. The van der Waals surface area contributed by atoms with Gasteiger partial charge in [-0.15, -0.1) is 11.3 Å². The fourth-order valence-electron chi connectivity index (χ4n) is 2.51. The lowest BCUT2D eigenvalue weighted by Gasteiger charge is -2.21. The second-order valence-electron chi connectivity index (χ2n) is 6.41. The van der Waals surface area contributed by atoms with E-state index in [0.29, 0.717) is 0 Å². The van der Waals surface area contributed by atoms with Gasteiger partial charge >= 0.3 is 0 Å². The minimum Gasteiger partial charge on any atom is -0.496 e. The molecule has 0 radical (unpaired) electrons. The molecule has 1 aromatic heterocycles. The second kappa shape index (κ2) is 7.62. The van der Waals surface area contributed by atoms with Crippen molar-refractivity contribution in [2.75, 3.05) is 12.5 Å². The Hall–Kier alpha value is -1.85. The Balaban J connectivity index is 2.05. The number of nitrogens with one attached hydrogen (secondary N) is 1. The lowest BCUT2D eigenvalue weighted by molar-refractivity contribution is 0.366. The third kappa shape index (κ3) is 5.08. The van der Waals surface area contributed by atoms with Crippen LogP contribution in [0.25, 0.3) is 6.08 Å². The summed E-state index contributed by atoms with van der Waals surface area (Å²) in [6.07, 6.45) is 6.22. The number of ether oxygens (including phenoxy) is 1. The predicted octanol–water partition coefficient (Wildman–Crippen LogP) is 4.42. The summed E-state index contributed by atoms with van der Waals surface area (Å²) in [5.41, 5.74) is 5.88. The first-order chi connectivity index (χ1) is 10.9. The number of hydrogen-bond donors (Lipinski definition) is 2. The molecule has 0 aliphatic carbocycles. The number of aryl methyl sites for hydroxylation is 1. The van der Waals surface area contributed by atoms with Crippen LogP contribution in [0, 0.1) is 12.3 Å². The van der Waals surface area contributed by atoms with Gasteiger partial charge < -0.3 is 10.2 Å². The molecule has 0 fully saturated rings. The Morgan fingerprint density at radius 3 is 2.78 bits per heavy atom. The van der Waals surface area contributed by atoms with Crippen molar-refractivity contribution < 1.29 is 4.74 Å². The van der Waals surface area contributed by atoms with Crippen molar-refractivity contribution in [3.63, 3.8) is 0 Å². The highest BCUT2D eigenvalue weighted by atomic mass is 32.1. The predicted molar refractivity (Wildman–Crippen MR) is 98.8 cm³/mol. The van der Waals surface area contributed by atoms with E-state index >= 15 is 0 Å². The third-order valence-corrected chi connectivity index (χ3v) is 4.51. The summed E-state index contributed by atoms with van der Waals surface area (Å²) in [6.45, 7) is 6.58. The van der Waals surface area contributed by atoms with Crippen molar-refractivity contribution in [2.45, 2.75) is 33.6 Å². The van der Waals surface area contributed by atoms with Crippen LogP contribution >= 0.6 is 11.3 Å². The van der Waals surface area contributed by atoms with Crippen LogP contribution in [0.15, 0.2) is 29.7 Å². The van der Waals surface area contributed by atoms with Gasteiger partial charge in [-0.25, -0.2) is 4.98 Å². The first kappa shape index (κ1) is 17.5. The van der Waals surface area contributed by atoms with Gasteiger partial charge in [0.2, 0.25) is 0 Å². The van der Waals surface area contributed by atoms with Crippen LogP contribution in [0.3, 0.4) is 0 Å². The lowest BCUT2D eigenvalue weighted by atomic mass is 9.84. The number of nitrogens with two attached hydrogens (primary N) is 1. The SMILES string of the molecule is COc1ccc(NN)cc1/C=C/CC(C)(C)Cc1csc(C)n1. The number of nitrogen functional groups attached to an aromatic ring is 1. The topological polar surface area (TPSA) is 60.2 Å². The molecular weight excluding hydrogens is 306 g/mol. The van der Waals surface area contributed by atoms with E-state index in [-0.39, 0.29) is 5.41 Å². The number of thiazole rings is 1. The normalized spacial score (nSPS) is 11.9. The largest absolute Gasteiger partial charge is 0.496 e. The average molecular weight is 331 g/mol. The molecule has 124 valence electrons. The minimum atomic E-state index is 0.161. The molecule has 2 rings (SSSR count). The van der Waals surface area contributed by atoms with Gasteiger partial charge in [0.05, 0.1) is 17.8 Å². The molecule has 0 bridgehead atoms. The number of methoxy groups -OCH3 is 1. The van der Waals surface area contributed by atoms with Crippen LogP contribution in [-0.2, 0) is 6.42 Å². The number of rotatable bonds is 7. The van der Waals surface area contributed by atoms with Gasteiger partial charge in [0.15, 0.2) is 0 Å². The van der Waals surface area contributed by atoms with E-state index in [4.69, 9.17) is 10.6 Å². The highest BCUT2D eigenvalue weighted by molar-refractivity contribution is 7.09. The average Bonchev–Trinajstić information content (AvgIpc) is 2.91. The summed E-state index contributed by atoms with van der Waals surface area (Å²) >= 11 is 1.71. The Morgan fingerprint density at radius 2 is 2.17 bits per heavy atom. The number of nitrogens with zero attached hydrogens (tertiary/aromatic N) is 1. The fraction of sp³-hybridized carbons (Fsp3) is 0.389. The van der Waals surface area contributed by atoms with Gasteiger partial charge in [0.1, 0.15) is 5.75 Å². The maximum absolute atomic E-state index is 5.48. The van der Waals surface area contributed by atoms with Gasteiger partial charge in [-0.05, 0) is 43.4 Å². The number of allylic oxidation sites excluding steroid dienone is 1. The van der Waals surface area contributed by atoms with Crippen molar-refractivity contribution in [2.24, 2.45) is 11.3 Å². The van der Waals surface area contributed by atoms with E-state index in [2.05, 4.69) is 41.8 Å². The standard InChI is InChI=1S/C18H25N3OS/c1-13-20-16(12-23-13)11-18(2,3)9-5-6-14-10-15(21-19)7-8-17(14)22-4/h5-8,10,12,21H,9,11,19H2,1-4H3/b6-5+. The van der Waals surface area contributed by atoms with E-state index in [1.54, 1.807) is 18.4 Å². The monoisotopic (exact) mass is 331 g/mol. The van der Waals surface area contributed by atoms with Crippen LogP contribution in [0.5, 0.6) is 5.75 Å². The maximum atomic E-state index is 5.48. The molecule has 3 N–H and O–H groups in total. The first-order valence-corrected chi connectivity index (χ1v) is 8.54. The van der Waals surface area contributed by atoms with Crippen molar-refractivity contribution in [1.82, 2.24) is 4.98 Å². The van der Waals surface area contributed by atoms with Gasteiger partial charge in [-0.2, -0.15) is 0 Å². The van der Waals surface area contributed by atoms with E-state index < -0.39 is 0 Å². The number of hydrogen-bond acceptors (Lipinski definition) is 5. The Morgan fingerprint density at radius 1 is 1.39 bits per heavy atom. The van der Waals surface area contributed by atoms with Gasteiger partial charge in [0.25, 0.3) is 0 Å². The first-order valence-electron chi connectivity index (χ1n) is 7.66. The van der Waals surface area contributed by atoms with Crippen molar-refractivity contribution >= 4 is 23.1 Å².